The Morgan fingerprint density at radius 3 is 3.00 bits per heavy atom. The van der Waals surface area contributed by atoms with Gasteiger partial charge in [0, 0.05) is 32.4 Å². The molecule has 5 nitrogen and oxygen atoms in total. The summed E-state index contributed by atoms with van der Waals surface area (Å²) in [4.78, 5) is 36.2. The normalized spacial score (nSPS) is 18.5. The first-order chi connectivity index (χ1) is 9.10. The monoisotopic (exact) mass is 394 g/mol. The summed E-state index contributed by atoms with van der Waals surface area (Å²) in [5, 5.41) is 2.34. The van der Waals surface area contributed by atoms with Crippen LogP contribution in [0.15, 0.2) is 0 Å². The van der Waals surface area contributed by atoms with Crippen LogP contribution >= 0.6 is 28.3 Å². The maximum atomic E-state index is 11.9. The van der Waals surface area contributed by atoms with Crippen molar-refractivity contribution in [3.05, 3.63) is 0 Å². The van der Waals surface area contributed by atoms with Crippen LogP contribution in [0.2, 0.25) is 0 Å². The van der Waals surface area contributed by atoms with E-state index in [4.69, 9.17) is 6.42 Å². The average molecular weight is 394 g/mol. The summed E-state index contributed by atoms with van der Waals surface area (Å²) in [6.07, 6.45) is 5.89. The van der Waals surface area contributed by atoms with Gasteiger partial charge in [0.05, 0.1) is 0 Å². The van der Waals surface area contributed by atoms with Crippen LogP contribution in [0.5, 0.6) is 0 Å². The van der Waals surface area contributed by atoms with E-state index in [1.165, 1.54) is 13.8 Å². The lowest BCUT2D eigenvalue weighted by molar-refractivity contribution is -0.138. The number of likely N-dealkylation sites (tertiary alicyclic amines) is 1. The highest BCUT2D eigenvalue weighted by atomic mass is 127. The molecule has 1 rings (SSSR count). The number of terminal acetylenes is 1. The average Bonchev–Trinajstić information content (AvgIpc) is 2.63. The number of hydrogen-bond donors (Lipinski definition) is 1. The number of nitrogens with one attached hydrogen (secondary N) is 1. The van der Waals surface area contributed by atoms with Crippen LogP contribution in [0, 0.1) is 12.3 Å². The van der Waals surface area contributed by atoms with E-state index in [0.717, 1.165) is 0 Å². The SMILES string of the molecule is C#CCCNC(=O)CCN1C(=O)CC(SI=C)C1=O. The van der Waals surface area contributed by atoms with Gasteiger partial charge in [0.25, 0.3) is 0 Å². The van der Waals surface area contributed by atoms with E-state index in [1.54, 1.807) is 0 Å². The molecular formula is C12H15IN2O3S. The molecule has 0 aromatic heterocycles. The van der Waals surface area contributed by atoms with Gasteiger partial charge in [-0.15, -0.1) is 12.3 Å². The van der Waals surface area contributed by atoms with Crippen molar-refractivity contribution in [2.75, 3.05) is 13.1 Å². The second-order valence-corrected chi connectivity index (χ2v) is 8.19. The largest absolute Gasteiger partial charge is 0.355 e. The van der Waals surface area contributed by atoms with E-state index in [-0.39, 0.29) is 61.7 Å². The highest BCUT2D eigenvalue weighted by Crippen LogP contribution is 2.32. The lowest BCUT2D eigenvalue weighted by Gasteiger charge is -2.13. The fourth-order valence-corrected chi connectivity index (χ4v) is 4.66. The van der Waals surface area contributed by atoms with Crippen molar-refractivity contribution >= 4 is 50.5 Å². The van der Waals surface area contributed by atoms with Gasteiger partial charge in [0.15, 0.2) is 0 Å². The zero-order valence-electron chi connectivity index (χ0n) is 10.4. The predicted octanol–water partition coefficient (Wildman–Crippen LogP) is 0.694. The first-order valence-corrected chi connectivity index (χ1v) is 10.6. The minimum Gasteiger partial charge on any atom is -0.355 e. The van der Waals surface area contributed by atoms with E-state index in [9.17, 15) is 14.4 Å². The number of carbonyl (C=O) groups excluding carboxylic acids is 3. The molecule has 1 aliphatic heterocycles. The molecule has 0 radical (unpaired) electrons. The van der Waals surface area contributed by atoms with Gasteiger partial charge in [-0.1, -0.05) is 32.8 Å². The minimum atomic E-state index is -0.336. The maximum absolute atomic E-state index is 11.9. The van der Waals surface area contributed by atoms with Gasteiger partial charge in [-0.05, 0) is 0 Å². The van der Waals surface area contributed by atoms with Crippen LogP contribution in [-0.4, -0.2) is 45.5 Å². The van der Waals surface area contributed by atoms with Crippen molar-refractivity contribution < 1.29 is 14.4 Å². The molecule has 1 N–H and O–H groups in total. The molecule has 104 valence electrons. The van der Waals surface area contributed by atoms with E-state index in [1.807, 2.05) is 0 Å². The molecule has 19 heavy (non-hydrogen) atoms. The van der Waals surface area contributed by atoms with Gasteiger partial charge in [0.2, 0.25) is 17.7 Å². The van der Waals surface area contributed by atoms with Crippen LogP contribution in [0.1, 0.15) is 19.3 Å². The van der Waals surface area contributed by atoms with Gasteiger partial charge in [-0.2, -0.15) is 0 Å². The van der Waals surface area contributed by atoms with Crippen molar-refractivity contribution in [1.29, 1.82) is 0 Å². The Hall–Kier alpha value is -0.880. The summed E-state index contributed by atoms with van der Waals surface area (Å²) < 4.78 is 3.76. The molecule has 1 heterocycles. The van der Waals surface area contributed by atoms with Gasteiger partial charge in [-0.25, -0.2) is 0 Å². The molecule has 7 heteroatoms. The Balaban J connectivity index is 2.38. The Morgan fingerprint density at radius 2 is 2.37 bits per heavy atom. The van der Waals surface area contributed by atoms with Crippen LogP contribution in [0.25, 0.3) is 0 Å². The van der Waals surface area contributed by atoms with Crippen LogP contribution in [-0.2, 0) is 14.4 Å². The first kappa shape index (κ1) is 16.2. The predicted molar refractivity (Wildman–Crippen MR) is 84.9 cm³/mol. The molecule has 0 aromatic carbocycles. The Labute approximate surface area is 125 Å². The summed E-state index contributed by atoms with van der Waals surface area (Å²) in [6.45, 7) is 0.563. The minimum absolute atomic E-state index is 0.124. The second kappa shape index (κ2) is 8.32. The number of halogens is 1. The zero-order chi connectivity index (χ0) is 14.3. The van der Waals surface area contributed by atoms with Crippen molar-refractivity contribution in [3.8, 4) is 12.3 Å². The molecule has 1 fully saturated rings. The van der Waals surface area contributed by atoms with Gasteiger partial charge in [0.1, 0.15) is 5.25 Å². The number of nitrogens with zero attached hydrogens (tertiary/aromatic N) is 1. The van der Waals surface area contributed by atoms with Gasteiger partial charge >= 0.3 is 0 Å². The van der Waals surface area contributed by atoms with E-state index >= 15 is 0 Å². The third-order valence-corrected chi connectivity index (χ3v) is 6.16. The summed E-state index contributed by atoms with van der Waals surface area (Å²) in [6, 6.07) is 0. The quantitative estimate of drug-likeness (QED) is 0.299. The summed E-state index contributed by atoms with van der Waals surface area (Å²) in [5.41, 5.74) is 0. The molecule has 0 aromatic rings. The molecule has 1 atom stereocenters. The molecule has 0 bridgehead atoms. The third-order valence-electron chi connectivity index (χ3n) is 2.53. The van der Waals surface area contributed by atoms with E-state index < -0.39 is 0 Å². The van der Waals surface area contributed by atoms with Crippen molar-refractivity contribution in [2.45, 2.75) is 24.5 Å². The first-order valence-electron chi connectivity index (χ1n) is 5.68. The number of rotatable bonds is 7. The van der Waals surface area contributed by atoms with Crippen LogP contribution < -0.4 is 5.32 Å². The van der Waals surface area contributed by atoms with Crippen molar-refractivity contribution in [1.82, 2.24) is 10.2 Å². The topological polar surface area (TPSA) is 66.5 Å². The van der Waals surface area contributed by atoms with E-state index in [2.05, 4.69) is 15.8 Å². The number of amides is 3. The second-order valence-electron chi connectivity index (χ2n) is 3.83. The fourth-order valence-electron chi connectivity index (χ4n) is 1.61. The number of hydrogen-bond acceptors (Lipinski definition) is 4. The summed E-state index contributed by atoms with van der Waals surface area (Å²) >= 11 is -0.336. The molecule has 1 unspecified atom stereocenters. The molecule has 0 aliphatic carbocycles. The fraction of sp³-hybridized carbons (Fsp3) is 0.500. The summed E-state index contributed by atoms with van der Waals surface area (Å²) in [5.74, 6) is 1.83. The van der Waals surface area contributed by atoms with Crippen molar-refractivity contribution in [3.63, 3.8) is 0 Å². The molecule has 1 aliphatic rings. The Morgan fingerprint density at radius 1 is 1.63 bits per heavy atom. The zero-order valence-corrected chi connectivity index (χ0v) is 13.3. The van der Waals surface area contributed by atoms with Gasteiger partial charge < -0.3 is 5.32 Å². The van der Waals surface area contributed by atoms with Gasteiger partial charge in [-0.3, -0.25) is 19.3 Å². The lowest BCUT2D eigenvalue weighted by Crippen LogP contribution is -2.35. The lowest BCUT2D eigenvalue weighted by atomic mass is 10.3. The highest BCUT2D eigenvalue weighted by Gasteiger charge is 2.38. The Bertz CT molecular complexity index is 433. The molecular weight excluding hydrogens is 379 g/mol. The molecule has 1 saturated heterocycles. The van der Waals surface area contributed by atoms with Crippen LogP contribution in [0.3, 0.4) is 0 Å². The maximum Gasteiger partial charge on any atom is 0.243 e. The van der Waals surface area contributed by atoms with E-state index in [0.29, 0.717) is 13.0 Å². The number of imide groups is 1. The standard InChI is InChI=1S/C12H15IN2O3S/c1-3-4-6-14-10(16)5-7-15-11(17)8-9(12(15)18)19-13-2/h1,9H,2,4-8H2,(H,14,16). The smallest absolute Gasteiger partial charge is 0.243 e. The molecule has 0 saturated carbocycles. The highest BCUT2D eigenvalue weighted by molar-refractivity contribution is 14.2. The molecule has 3 amide bonds. The van der Waals surface area contributed by atoms with Crippen LogP contribution in [0.4, 0.5) is 0 Å². The summed E-state index contributed by atoms with van der Waals surface area (Å²) in [7, 11) is 1.47. The third kappa shape index (κ3) is 4.95. The van der Waals surface area contributed by atoms with Crippen molar-refractivity contribution in [2.24, 2.45) is 0 Å². The Kier molecular flexibility index (Phi) is 7.09. The molecule has 0 spiro atoms. The number of carbonyl (C=O) groups is 3.